The summed E-state index contributed by atoms with van der Waals surface area (Å²) >= 11 is 1.77. The molecule has 2 rings (SSSR count). The van der Waals surface area contributed by atoms with Gasteiger partial charge in [-0.3, -0.25) is 0 Å². The van der Waals surface area contributed by atoms with Crippen LogP contribution in [0.15, 0.2) is 11.6 Å². The standard InChI is InChI=1S/C12H20N2S/c1-4-9(2)12(3,14-10-5-6-10)11-13-7-8-15-11/h7-10,14H,4-6H2,1-3H3. The fourth-order valence-electron chi connectivity index (χ4n) is 1.95. The Morgan fingerprint density at radius 2 is 2.40 bits per heavy atom. The number of thiazole rings is 1. The van der Waals surface area contributed by atoms with Gasteiger partial charge in [0.05, 0.1) is 5.54 Å². The molecule has 0 spiro atoms. The normalized spacial score (nSPS) is 22.3. The summed E-state index contributed by atoms with van der Waals surface area (Å²) in [7, 11) is 0. The van der Waals surface area contributed by atoms with Gasteiger partial charge >= 0.3 is 0 Å². The highest BCUT2D eigenvalue weighted by molar-refractivity contribution is 7.09. The van der Waals surface area contributed by atoms with Crippen molar-refractivity contribution in [3.05, 3.63) is 16.6 Å². The summed E-state index contributed by atoms with van der Waals surface area (Å²) in [5.74, 6) is 0.629. The Morgan fingerprint density at radius 1 is 1.67 bits per heavy atom. The quantitative estimate of drug-likeness (QED) is 0.831. The summed E-state index contributed by atoms with van der Waals surface area (Å²) in [5.41, 5.74) is 0.0735. The van der Waals surface area contributed by atoms with Gasteiger partial charge in [0.25, 0.3) is 0 Å². The molecule has 1 fully saturated rings. The molecule has 1 aromatic heterocycles. The minimum absolute atomic E-state index is 0.0735. The molecular formula is C12H20N2S. The average molecular weight is 224 g/mol. The van der Waals surface area contributed by atoms with E-state index in [2.05, 4.69) is 36.5 Å². The van der Waals surface area contributed by atoms with E-state index in [1.165, 1.54) is 24.3 Å². The van der Waals surface area contributed by atoms with Crippen LogP contribution in [0.25, 0.3) is 0 Å². The van der Waals surface area contributed by atoms with E-state index in [-0.39, 0.29) is 5.54 Å². The lowest BCUT2D eigenvalue weighted by Crippen LogP contribution is -2.46. The largest absolute Gasteiger partial charge is 0.303 e. The number of hydrogen-bond acceptors (Lipinski definition) is 3. The molecule has 84 valence electrons. The Hall–Kier alpha value is -0.410. The molecule has 0 saturated heterocycles. The van der Waals surface area contributed by atoms with E-state index in [0.717, 1.165) is 6.04 Å². The van der Waals surface area contributed by atoms with Gasteiger partial charge < -0.3 is 5.32 Å². The molecule has 0 amide bonds. The molecule has 1 saturated carbocycles. The van der Waals surface area contributed by atoms with Crippen LogP contribution in [-0.4, -0.2) is 11.0 Å². The van der Waals surface area contributed by atoms with E-state index in [1.807, 2.05) is 6.20 Å². The van der Waals surface area contributed by atoms with Crippen LogP contribution in [0.1, 0.15) is 45.0 Å². The zero-order valence-corrected chi connectivity index (χ0v) is 10.6. The second kappa shape index (κ2) is 4.22. The first-order valence-corrected chi connectivity index (χ1v) is 6.72. The van der Waals surface area contributed by atoms with Crippen LogP contribution in [0.5, 0.6) is 0 Å². The number of nitrogens with one attached hydrogen (secondary N) is 1. The molecule has 2 unspecified atom stereocenters. The molecule has 2 nitrogen and oxygen atoms in total. The van der Waals surface area contributed by atoms with E-state index >= 15 is 0 Å². The first kappa shape index (κ1) is 11.1. The van der Waals surface area contributed by atoms with Crippen molar-refractivity contribution in [2.75, 3.05) is 0 Å². The van der Waals surface area contributed by atoms with E-state index in [0.29, 0.717) is 5.92 Å². The SMILES string of the molecule is CCC(C)C(C)(NC1CC1)c1nccs1. The number of nitrogens with zero attached hydrogens (tertiary/aromatic N) is 1. The van der Waals surface area contributed by atoms with Crippen molar-refractivity contribution in [3.8, 4) is 0 Å². The highest BCUT2D eigenvalue weighted by Crippen LogP contribution is 2.36. The number of hydrogen-bond donors (Lipinski definition) is 1. The molecule has 1 aliphatic carbocycles. The molecule has 2 atom stereocenters. The summed E-state index contributed by atoms with van der Waals surface area (Å²) < 4.78 is 0. The monoisotopic (exact) mass is 224 g/mol. The van der Waals surface area contributed by atoms with Gasteiger partial charge in [-0.1, -0.05) is 20.3 Å². The van der Waals surface area contributed by atoms with Gasteiger partial charge in [-0.2, -0.15) is 0 Å². The third-order valence-electron chi connectivity index (χ3n) is 3.56. The highest BCUT2D eigenvalue weighted by atomic mass is 32.1. The van der Waals surface area contributed by atoms with Crippen molar-refractivity contribution in [2.24, 2.45) is 5.92 Å². The van der Waals surface area contributed by atoms with Gasteiger partial charge in [0, 0.05) is 17.6 Å². The maximum absolute atomic E-state index is 4.49. The molecule has 1 N–H and O–H groups in total. The predicted molar refractivity (Wildman–Crippen MR) is 65.1 cm³/mol. The zero-order valence-electron chi connectivity index (χ0n) is 9.79. The molecular weight excluding hydrogens is 204 g/mol. The maximum atomic E-state index is 4.49. The van der Waals surface area contributed by atoms with Gasteiger partial charge in [-0.25, -0.2) is 4.98 Å². The van der Waals surface area contributed by atoms with E-state index in [4.69, 9.17) is 0 Å². The molecule has 1 aliphatic rings. The average Bonchev–Trinajstić information content (AvgIpc) is 2.87. The maximum Gasteiger partial charge on any atom is 0.113 e. The lowest BCUT2D eigenvalue weighted by atomic mass is 9.85. The third kappa shape index (κ3) is 2.23. The van der Waals surface area contributed by atoms with E-state index in [1.54, 1.807) is 11.3 Å². The fourth-order valence-corrected chi connectivity index (χ4v) is 2.83. The Bertz CT molecular complexity index is 305. The van der Waals surface area contributed by atoms with Crippen molar-refractivity contribution in [1.29, 1.82) is 0 Å². The molecule has 3 heteroatoms. The Morgan fingerprint density at radius 3 is 2.87 bits per heavy atom. The number of aromatic nitrogens is 1. The first-order valence-electron chi connectivity index (χ1n) is 5.84. The fraction of sp³-hybridized carbons (Fsp3) is 0.750. The molecule has 1 aromatic rings. The Labute approximate surface area is 96.1 Å². The minimum Gasteiger partial charge on any atom is -0.303 e. The summed E-state index contributed by atoms with van der Waals surface area (Å²) in [6.45, 7) is 6.88. The van der Waals surface area contributed by atoms with Crippen molar-refractivity contribution < 1.29 is 0 Å². The van der Waals surface area contributed by atoms with Gasteiger partial charge in [0.1, 0.15) is 5.01 Å². The molecule has 1 heterocycles. The molecule has 0 radical (unpaired) electrons. The lowest BCUT2D eigenvalue weighted by molar-refractivity contribution is 0.238. The Balaban J connectivity index is 2.20. The molecule has 0 aromatic carbocycles. The van der Waals surface area contributed by atoms with Gasteiger partial charge in [0.15, 0.2) is 0 Å². The van der Waals surface area contributed by atoms with Crippen LogP contribution >= 0.6 is 11.3 Å². The van der Waals surface area contributed by atoms with Crippen LogP contribution in [0, 0.1) is 5.92 Å². The third-order valence-corrected chi connectivity index (χ3v) is 4.57. The lowest BCUT2D eigenvalue weighted by Gasteiger charge is -2.34. The van der Waals surface area contributed by atoms with Crippen molar-refractivity contribution in [1.82, 2.24) is 10.3 Å². The smallest absolute Gasteiger partial charge is 0.113 e. The zero-order chi connectivity index (χ0) is 10.9. The van der Waals surface area contributed by atoms with Crippen molar-refractivity contribution in [2.45, 2.75) is 51.6 Å². The van der Waals surface area contributed by atoms with Gasteiger partial charge in [-0.05, 0) is 25.7 Å². The van der Waals surface area contributed by atoms with Crippen molar-refractivity contribution >= 4 is 11.3 Å². The topological polar surface area (TPSA) is 24.9 Å². The van der Waals surface area contributed by atoms with Crippen LogP contribution in [0.4, 0.5) is 0 Å². The first-order chi connectivity index (χ1) is 7.16. The van der Waals surface area contributed by atoms with E-state index in [9.17, 15) is 0 Å². The second-order valence-corrected chi connectivity index (χ2v) is 5.66. The number of rotatable bonds is 5. The van der Waals surface area contributed by atoms with Crippen LogP contribution < -0.4 is 5.32 Å². The van der Waals surface area contributed by atoms with Crippen molar-refractivity contribution in [3.63, 3.8) is 0 Å². The molecule has 0 aliphatic heterocycles. The Kier molecular flexibility index (Phi) is 3.12. The summed E-state index contributed by atoms with van der Waals surface area (Å²) in [6.07, 6.45) is 5.76. The van der Waals surface area contributed by atoms with Gasteiger partial charge in [-0.15, -0.1) is 11.3 Å². The molecule has 0 bridgehead atoms. The van der Waals surface area contributed by atoms with Crippen LogP contribution in [-0.2, 0) is 5.54 Å². The van der Waals surface area contributed by atoms with Gasteiger partial charge in [0.2, 0.25) is 0 Å². The minimum atomic E-state index is 0.0735. The summed E-state index contributed by atoms with van der Waals surface area (Å²) in [5, 5.41) is 7.08. The predicted octanol–water partition coefficient (Wildman–Crippen LogP) is 3.16. The van der Waals surface area contributed by atoms with Crippen LogP contribution in [0.3, 0.4) is 0 Å². The highest BCUT2D eigenvalue weighted by Gasteiger charge is 2.39. The second-order valence-electron chi connectivity index (χ2n) is 4.77. The summed E-state index contributed by atoms with van der Waals surface area (Å²) in [6, 6.07) is 0.730. The summed E-state index contributed by atoms with van der Waals surface area (Å²) in [4.78, 5) is 4.49. The van der Waals surface area contributed by atoms with E-state index < -0.39 is 0 Å². The van der Waals surface area contributed by atoms with Crippen LogP contribution in [0.2, 0.25) is 0 Å². The molecule has 15 heavy (non-hydrogen) atoms.